The highest BCUT2D eigenvalue weighted by molar-refractivity contribution is 7.87. The van der Waals surface area contributed by atoms with Gasteiger partial charge in [0.15, 0.2) is 12.1 Å². The van der Waals surface area contributed by atoms with Gasteiger partial charge in [0.25, 0.3) is 0 Å². The van der Waals surface area contributed by atoms with Crippen LogP contribution in [0.15, 0.2) is 18.3 Å². The van der Waals surface area contributed by atoms with Gasteiger partial charge in [-0.1, -0.05) is 13.8 Å². The minimum atomic E-state index is -5.88. The first-order valence-corrected chi connectivity index (χ1v) is 13.8. The topological polar surface area (TPSA) is 110 Å². The molecule has 9 nitrogen and oxygen atoms in total. The summed E-state index contributed by atoms with van der Waals surface area (Å²) >= 11 is 0. The summed E-state index contributed by atoms with van der Waals surface area (Å²) < 4.78 is 84.6. The van der Waals surface area contributed by atoms with Crippen molar-refractivity contribution in [2.75, 3.05) is 13.2 Å². The zero-order valence-corrected chi connectivity index (χ0v) is 21.5. The summed E-state index contributed by atoms with van der Waals surface area (Å²) in [6, 6.07) is 3.18. The largest absolute Gasteiger partial charge is 0.534 e. The number of halogens is 3. The van der Waals surface area contributed by atoms with Gasteiger partial charge in [-0.05, 0) is 57.4 Å². The molecular formula is C24H30F3N3O6S. The van der Waals surface area contributed by atoms with Gasteiger partial charge in [0.05, 0.1) is 5.69 Å². The second kappa shape index (κ2) is 11.1. The Kier molecular flexibility index (Phi) is 8.24. The highest BCUT2D eigenvalue weighted by Gasteiger charge is 2.49. The second-order valence-electron chi connectivity index (χ2n) is 9.08. The average Bonchev–Trinajstić information content (AvgIpc) is 3.36. The fourth-order valence-corrected chi connectivity index (χ4v) is 4.75. The van der Waals surface area contributed by atoms with E-state index < -0.39 is 27.1 Å². The Hall–Kier alpha value is -2.51. The average molecular weight is 546 g/mol. The Morgan fingerprint density at radius 1 is 1.11 bits per heavy atom. The highest BCUT2D eigenvalue weighted by atomic mass is 32.2. The lowest BCUT2D eigenvalue weighted by atomic mass is 9.98. The van der Waals surface area contributed by atoms with Crippen LogP contribution in [0.2, 0.25) is 0 Å². The minimum Gasteiger partial charge on any atom is -0.490 e. The molecular weight excluding hydrogens is 515 g/mol. The number of hydrogen-bond donors (Lipinski definition) is 0. The lowest BCUT2D eigenvalue weighted by molar-refractivity contribution is -0.234. The molecule has 1 unspecified atom stereocenters. The quantitative estimate of drug-likeness (QED) is 0.309. The number of ether oxygens (including phenoxy) is 3. The van der Waals surface area contributed by atoms with Crippen molar-refractivity contribution < 1.29 is 40.0 Å². The van der Waals surface area contributed by atoms with Crippen molar-refractivity contribution >= 4 is 10.1 Å². The van der Waals surface area contributed by atoms with E-state index >= 15 is 0 Å². The van der Waals surface area contributed by atoms with Crippen LogP contribution in [0.5, 0.6) is 11.6 Å². The molecule has 1 fully saturated rings. The third kappa shape index (κ3) is 6.32. The third-order valence-corrected chi connectivity index (χ3v) is 7.58. The number of hydrogen-bond acceptors (Lipinski definition) is 9. The molecule has 0 saturated carbocycles. The van der Waals surface area contributed by atoms with Crippen molar-refractivity contribution in [2.24, 2.45) is 0 Å². The van der Waals surface area contributed by atoms with E-state index in [0.717, 1.165) is 19.3 Å². The number of aromatic nitrogens is 3. The first kappa shape index (κ1) is 27.5. The molecule has 1 saturated heterocycles. The van der Waals surface area contributed by atoms with Crippen LogP contribution in [0.4, 0.5) is 13.2 Å². The summed E-state index contributed by atoms with van der Waals surface area (Å²) in [4.78, 5) is 12.6. The standard InChI is InChI=1S/C24H30F3N3O6S/c1-3-23(4-2,35-20-10-5-6-13-33-20)15-34-16-11-12-28-19(14-16)21-29-18-9-7-8-17(18)22(30-21)36-37(31,32)24(25,26)27/h11-12,14,20H,3-10,13,15H2,1-2H3. The number of fused-ring (bicyclic) bond motifs is 1. The molecule has 13 heteroatoms. The van der Waals surface area contributed by atoms with Crippen LogP contribution < -0.4 is 8.92 Å². The molecule has 0 spiro atoms. The van der Waals surface area contributed by atoms with Crippen molar-refractivity contribution in [3.8, 4) is 23.1 Å². The summed E-state index contributed by atoms with van der Waals surface area (Å²) in [6.45, 7) is 4.94. The molecule has 2 aromatic heterocycles. The van der Waals surface area contributed by atoms with Crippen LogP contribution in [-0.2, 0) is 32.4 Å². The van der Waals surface area contributed by atoms with E-state index in [0.29, 0.717) is 50.2 Å². The van der Waals surface area contributed by atoms with Crippen LogP contribution >= 0.6 is 0 Å². The van der Waals surface area contributed by atoms with Crippen LogP contribution in [0.1, 0.15) is 63.6 Å². The molecule has 1 aliphatic heterocycles. The maximum atomic E-state index is 12.9. The molecule has 4 rings (SSSR count). The van der Waals surface area contributed by atoms with E-state index in [9.17, 15) is 21.6 Å². The number of nitrogens with zero attached hydrogens (tertiary/aromatic N) is 3. The van der Waals surface area contributed by atoms with Crippen molar-refractivity contribution in [1.29, 1.82) is 0 Å². The van der Waals surface area contributed by atoms with E-state index in [1.54, 1.807) is 12.1 Å². The first-order valence-electron chi connectivity index (χ1n) is 12.3. The van der Waals surface area contributed by atoms with Gasteiger partial charge in [0.2, 0.25) is 5.88 Å². The predicted octanol–water partition coefficient (Wildman–Crippen LogP) is 4.74. The summed E-state index contributed by atoms with van der Waals surface area (Å²) in [5.41, 5.74) is -5.26. The van der Waals surface area contributed by atoms with Gasteiger partial charge in [-0.2, -0.15) is 26.6 Å². The lowest BCUT2D eigenvalue weighted by Gasteiger charge is -2.36. The molecule has 3 heterocycles. The van der Waals surface area contributed by atoms with Crippen LogP contribution in [0.25, 0.3) is 11.5 Å². The molecule has 1 atom stereocenters. The normalized spacial score (nSPS) is 18.5. The third-order valence-electron chi connectivity index (χ3n) is 6.64. The summed E-state index contributed by atoms with van der Waals surface area (Å²) in [5, 5.41) is 0. The fraction of sp³-hybridized carbons (Fsp3) is 0.625. The van der Waals surface area contributed by atoms with E-state index in [-0.39, 0.29) is 30.0 Å². The Labute approximate surface area is 213 Å². The predicted molar refractivity (Wildman–Crippen MR) is 126 cm³/mol. The molecule has 204 valence electrons. The first-order chi connectivity index (χ1) is 17.6. The van der Waals surface area contributed by atoms with E-state index in [2.05, 4.69) is 19.1 Å². The smallest absolute Gasteiger partial charge is 0.490 e. The van der Waals surface area contributed by atoms with Crippen LogP contribution in [0.3, 0.4) is 0 Å². The van der Waals surface area contributed by atoms with Gasteiger partial charge in [0, 0.05) is 24.4 Å². The van der Waals surface area contributed by atoms with Gasteiger partial charge in [-0.25, -0.2) is 4.98 Å². The SMILES string of the molecule is CCC(CC)(COc1ccnc(-c2nc3c(c(OS(=O)(=O)C(F)(F)F)n2)CCC3)c1)OC1CCCCO1. The van der Waals surface area contributed by atoms with Crippen LogP contribution in [0, 0.1) is 0 Å². The number of alkyl halides is 3. The summed E-state index contributed by atoms with van der Waals surface area (Å²) in [7, 11) is -5.88. The molecule has 0 radical (unpaired) electrons. The Balaban J connectivity index is 1.56. The van der Waals surface area contributed by atoms with Crippen molar-refractivity contribution in [3.05, 3.63) is 29.6 Å². The van der Waals surface area contributed by atoms with E-state index in [4.69, 9.17) is 14.2 Å². The molecule has 0 bridgehead atoms. The molecule has 0 amide bonds. The molecule has 37 heavy (non-hydrogen) atoms. The number of rotatable bonds is 10. The van der Waals surface area contributed by atoms with E-state index in [1.807, 2.05) is 13.8 Å². The van der Waals surface area contributed by atoms with E-state index in [1.165, 1.54) is 6.20 Å². The Morgan fingerprint density at radius 3 is 2.57 bits per heavy atom. The van der Waals surface area contributed by atoms with Crippen LogP contribution in [-0.4, -0.2) is 54.0 Å². The van der Waals surface area contributed by atoms with Crippen molar-refractivity contribution in [1.82, 2.24) is 15.0 Å². The van der Waals surface area contributed by atoms with Gasteiger partial charge < -0.3 is 18.4 Å². The minimum absolute atomic E-state index is 0.0532. The lowest BCUT2D eigenvalue weighted by Crippen LogP contribution is -2.43. The summed E-state index contributed by atoms with van der Waals surface area (Å²) in [5.74, 6) is -0.249. The second-order valence-corrected chi connectivity index (χ2v) is 10.6. The van der Waals surface area contributed by atoms with Gasteiger partial charge >= 0.3 is 15.6 Å². The zero-order chi connectivity index (χ0) is 26.7. The van der Waals surface area contributed by atoms with Gasteiger partial charge in [-0.3, -0.25) is 4.98 Å². The molecule has 0 N–H and O–H groups in total. The summed E-state index contributed by atoms with van der Waals surface area (Å²) in [6.07, 6.45) is 6.82. The maximum Gasteiger partial charge on any atom is 0.534 e. The highest BCUT2D eigenvalue weighted by Crippen LogP contribution is 2.35. The maximum absolute atomic E-state index is 12.9. The van der Waals surface area contributed by atoms with Gasteiger partial charge in [0.1, 0.15) is 23.7 Å². The van der Waals surface area contributed by atoms with Crippen molar-refractivity contribution in [2.45, 2.75) is 82.6 Å². The monoisotopic (exact) mass is 545 g/mol. The van der Waals surface area contributed by atoms with Crippen molar-refractivity contribution in [3.63, 3.8) is 0 Å². The molecule has 2 aliphatic rings. The number of aryl methyl sites for hydroxylation is 1. The fourth-order valence-electron chi connectivity index (χ4n) is 4.31. The zero-order valence-electron chi connectivity index (χ0n) is 20.7. The van der Waals surface area contributed by atoms with Gasteiger partial charge in [-0.15, -0.1) is 0 Å². The Bertz CT molecular complexity index is 1200. The molecule has 2 aromatic rings. The number of pyridine rings is 1. The Morgan fingerprint density at radius 2 is 1.89 bits per heavy atom. The molecule has 1 aliphatic carbocycles. The molecule has 0 aromatic carbocycles.